The third-order valence-electron chi connectivity index (χ3n) is 6.27. The van der Waals surface area contributed by atoms with E-state index < -0.39 is 98.4 Å². The van der Waals surface area contributed by atoms with Gasteiger partial charge in [0.2, 0.25) is 20.9 Å². The van der Waals surface area contributed by atoms with Crippen molar-refractivity contribution in [3.05, 3.63) is 16.7 Å². The maximum atomic E-state index is 13.0. The number of hydrogen-bond donors (Lipinski definition) is 8. The fourth-order valence-electron chi connectivity index (χ4n) is 3.85. The van der Waals surface area contributed by atoms with Crippen LogP contribution in [0.15, 0.2) is 11.1 Å². The number of ether oxygens (including phenoxy) is 1. The summed E-state index contributed by atoms with van der Waals surface area (Å²) in [5.41, 5.74) is -1.50. The minimum atomic E-state index is -5.25. The summed E-state index contributed by atoms with van der Waals surface area (Å²) >= 11 is 0. The molecular weight excluding hydrogens is 718 g/mol. The van der Waals surface area contributed by atoms with E-state index in [2.05, 4.69) is 20.3 Å². The molecule has 1 amide bonds. The number of nitrogens with one attached hydrogen (secondary N) is 2. The van der Waals surface area contributed by atoms with E-state index in [1.807, 2.05) is 0 Å². The maximum Gasteiger partial charge on any atom is 0.342 e. The number of nitrogens with zero attached hydrogens (tertiary/aromatic N) is 3. The summed E-state index contributed by atoms with van der Waals surface area (Å²) in [7, 11) is -22.8. The first-order valence-corrected chi connectivity index (χ1v) is 22.2. The number of rotatable bonds is 13. The summed E-state index contributed by atoms with van der Waals surface area (Å²) in [6, 6.07) is 0. The van der Waals surface area contributed by atoms with Gasteiger partial charge in [-0.15, -0.1) is 0 Å². The van der Waals surface area contributed by atoms with Crippen molar-refractivity contribution in [3.8, 4) is 0 Å². The number of carbonyl (C=O) groups is 1. The highest BCUT2D eigenvalue weighted by Crippen LogP contribution is 2.60. The number of hydrogen-bond acceptors (Lipinski definition) is 12. The Hall–Kier alpha value is -1.44. The van der Waals surface area contributed by atoms with Crippen molar-refractivity contribution in [1.82, 2.24) is 19.5 Å². The highest BCUT2D eigenvalue weighted by molar-refractivity contribution is 7.70. The zero-order valence-corrected chi connectivity index (χ0v) is 29.9. The van der Waals surface area contributed by atoms with Crippen molar-refractivity contribution in [2.45, 2.75) is 70.9 Å². The fraction of sp³-hybridized carbons (Fsp3) is 0.700. The van der Waals surface area contributed by atoms with Crippen LogP contribution in [0.5, 0.6) is 0 Å². The van der Waals surface area contributed by atoms with Gasteiger partial charge < -0.3 is 38.5 Å². The Kier molecular flexibility index (Phi) is 11.7. The summed E-state index contributed by atoms with van der Waals surface area (Å²) in [4.78, 5) is 93.7. The van der Waals surface area contributed by atoms with E-state index in [1.165, 1.54) is 0 Å². The van der Waals surface area contributed by atoms with E-state index in [1.54, 1.807) is 41.2 Å². The zero-order valence-electron chi connectivity index (χ0n) is 25.3. The summed E-state index contributed by atoms with van der Waals surface area (Å²) in [6.45, 7) is 10.1. The van der Waals surface area contributed by atoms with Crippen molar-refractivity contribution in [2.24, 2.45) is 5.92 Å². The van der Waals surface area contributed by atoms with Gasteiger partial charge in [0.15, 0.2) is 35.5 Å². The lowest BCUT2D eigenvalue weighted by atomic mass is 10.2. The molecule has 0 saturated carbocycles. The second kappa shape index (κ2) is 13.8. The second-order valence-corrected chi connectivity index (χ2v) is 22.5. The molecular formula is C20H36N5O16P4Si. The minimum absolute atomic E-state index is 0.316. The lowest BCUT2D eigenvalue weighted by molar-refractivity contribution is -0.125. The average molecular weight is 755 g/mol. The van der Waals surface area contributed by atoms with E-state index >= 15 is 0 Å². The molecule has 46 heavy (non-hydrogen) atoms. The van der Waals surface area contributed by atoms with Gasteiger partial charge in [-0.2, -0.15) is 4.98 Å². The predicted molar refractivity (Wildman–Crippen MR) is 161 cm³/mol. The molecule has 1 radical (unpaired) electrons. The van der Waals surface area contributed by atoms with Crippen LogP contribution in [0.25, 0.3) is 11.2 Å². The molecule has 1 saturated heterocycles. The van der Waals surface area contributed by atoms with Crippen LogP contribution in [0.1, 0.15) is 40.8 Å². The number of imidazole rings is 1. The molecule has 0 spiro atoms. The lowest BCUT2D eigenvalue weighted by Gasteiger charge is -2.33. The first kappa shape index (κ1) is 39.0. The van der Waals surface area contributed by atoms with Crippen LogP contribution < -0.4 is 10.9 Å². The molecule has 3 heterocycles. The Balaban J connectivity index is 2.22. The second-order valence-electron chi connectivity index (χ2n) is 11.7. The molecule has 1 aliphatic rings. The minimum Gasteiger partial charge on any atom is -0.405 e. The van der Waals surface area contributed by atoms with E-state index in [-0.39, 0.29) is 17.1 Å². The van der Waals surface area contributed by atoms with Crippen LogP contribution in [-0.4, -0.2) is 94.1 Å². The van der Waals surface area contributed by atoms with Gasteiger partial charge in [-0.1, -0.05) is 34.6 Å². The van der Waals surface area contributed by atoms with Crippen LogP contribution in [0.4, 0.5) is 5.95 Å². The molecule has 0 aliphatic carbocycles. The largest absolute Gasteiger partial charge is 0.405 e. The SMILES string of the molecule is CC(C)C(=O)Nc1nc2c(ncn2[C@@H]2O[C@H](OP(=O)(O)CP(=O)(O)O)[C@@H](O[Si](C)C(C)(C)C)[C@H]2OP(=O)(O)CP(=O)(O)O)c(=O)[nH]1. The lowest BCUT2D eigenvalue weighted by Crippen LogP contribution is -2.42. The number of aromatic nitrogens is 4. The van der Waals surface area contributed by atoms with Gasteiger partial charge in [-0.05, 0) is 11.6 Å². The topological polar surface area (TPSA) is 319 Å². The van der Waals surface area contributed by atoms with Crippen LogP contribution in [0, 0.1) is 5.92 Å². The number of fused-ring (bicyclic) bond motifs is 1. The summed E-state index contributed by atoms with van der Waals surface area (Å²) in [5.74, 6) is -4.70. The van der Waals surface area contributed by atoms with Crippen molar-refractivity contribution < 1.29 is 70.6 Å². The normalized spacial score (nSPS) is 24.0. The van der Waals surface area contributed by atoms with Crippen LogP contribution in [0.3, 0.4) is 0 Å². The van der Waals surface area contributed by atoms with Gasteiger partial charge in [0.1, 0.15) is 12.2 Å². The Bertz CT molecular complexity index is 1700. The fourth-order valence-corrected chi connectivity index (χ4v) is 10.2. The van der Waals surface area contributed by atoms with E-state index in [9.17, 15) is 57.2 Å². The van der Waals surface area contributed by atoms with Gasteiger partial charge in [0, 0.05) is 5.92 Å². The number of anilines is 1. The number of amides is 1. The molecule has 1 fully saturated rings. The zero-order chi connectivity index (χ0) is 35.2. The number of H-pyrrole nitrogens is 1. The maximum absolute atomic E-state index is 13.0. The molecule has 0 aromatic carbocycles. The molecule has 26 heteroatoms. The predicted octanol–water partition coefficient (Wildman–Crippen LogP) is 1.42. The molecule has 6 atom stereocenters. The van der Waals surface area contributed by atoms with Gasteiger partial charge in [-0.25, -0.2) is 4.98 Å². The van der Waals surface area contributed by atoms with Crippen LogP contribution >= 0.6 is 30.4 Å². The average Bonchev–Trinajstić information content (AvgIpc) is 3.36. The smallest absolute Gasteiger partial charge is 0.342 e. The number of aromatic amines is 1. The van der Waals surface area contributed by atoms with Gasteiger partial charge in [0.05, 0.1) is 6.33 Å². The third-order valence-corrected chi connectivity index (χ3v) is 15.9. The first-order valence-electron chi connectivity index (χ1n) is 13.2. The van der Waals surface area contributed by atoms with Gasteiger partial charge >= 0.3 is 30.4 Å². The molecule has 0 bridgehead atoms. The van der Waals surface area contributed by atoms with Crippen LogP contribution in [-0.2, 0) is 41.3 Å². The van der Waals surface area contributed by atoms with E-state index in [0.717, 1.165) is 10.9 Å². The van der Waals surface area contributed by atoms with Crippen molar-refractivity contribution in [2.75, 3.05) is 17.1 Å². The first-order chi connectivity index (χ1) is 20.7. The van der Waals surface area contributed by atoms with Crippen molar-refractivity contribution in [3.63, 3.8) is 0 Å². The Labute approximate surface area is 263 Å². The highest BCUT2D eigenvalue weighted by Gasteiger charge is 2.55. The number of carbonyl (C=O) groups excluding carboxylic acids is 1. The highest BCUT2D eigenvalue weighted by atomic mass is 31.2. The van der Waals surface area contributed by atoms with Crippen LogP contribution in [0.2, 0.25) is 11.6 Å². The van der Waals surface area contributed by atoms with Crippen molar-refractivity contribution in [1.29, 1.82) is 0 Å². The molecule has 1 aliphatic heterocycles. The monoisotopic (exact) mass is 754 g/mol. The Morgan fingerprint density at radius 3 is 2.09 bits per heavy atom. The summed E-state index contributed by atoms with van der Waals surface area (Å²) in [5, 5.41) is 1.81. The quantitative estimate of drug-likeness (QED) is 0.106. The molecule has 2 aromatic rings. The van der Waals surface area contributed by atoms with E-state index in [4.69, 9.17) is 18.2 Å². The summed E-state index contributed by atoms with van der Waals surface area (Å²) in [6.07, 6.45) is -6.57. The Morgan fingerprint density at radius 2 is 1.59 bits per heavy atom. The molecule has 3 rings (SSSR count). The molecule has 261 valence electrons. The molecule has 2 aromatic heterocycles. The van der Waals surface area contributed by atoms with Crippen molar-refractivity contribution >= 4 is 62.4 Å². The van der Waals surface area contributed by atoms with Gasteiger partial charge in [0.25, 0.3) is 5.56 Å². The van der Waals surface area contributed by atoms with Gasteiger partial charge in [-0.3, -0.25) is 51.8 Å². The Morgan fingerprint density at radius 1 is 1.04 bits per heavy atom. The third kappa shape index (κ3) is 10.5. The molecule has 21 nitrogen and oxygen atoms in total. The standard InChI is InChI=1S/C20H36N5O16P4Si/c1-10(2)15(26)23-19-22-14-11(16(27)24-19)21-7-25(14)17-12(39-44(34,35)8-42(28,29)30)13(41-46(6)20(3,4)5)18(38-17)40-45(36,37)9-43(31,32)33/h7,10,12-13,17-18H,8-9H2,1-6H3,(H,34,35)(H,36,37)(H2,28,29,30)(H2,31,32,33)(H2,22,23,24,26,27)/t12-,13+,17-,18-/m1/s1. The summed E-state index contributed by atoms with van der Waals surface area (Å²) < 4.78 is 72.3. The molecule has 2 unspecified atom stereocenters. The molecule has 8 N–H and O–H groups in total. The van der Waals surface area contributed by atoms with E-state index in [0.29, 0.717) is 0 Å².